The van der Waals surface area contributed by atoms with E-state index in [1.807, 2.05) is 6.20 Å². The normalized spacial score (nSPS) is 15.6. The highest BCUT2D eigenvalue weighted by Crippen LogP contribution is 2.04. The first kappa shape index (κ1) is 7.13. The van der Waals surface area contributed by atoms with E-state index in [1.165, 1.54) is 11.1 Å². The lowest BCUT2D eigenvalue weighted by atomic mass is 10.1. The molecule has 10 heavy (non-hydrogen) atoms. The summed E-state index contributed by atoms with van der Waals surface area (Å²) in [6, 6.07) is 0. The zero-order chi connectivity index (χ0) is 7.40. The molecular formula is C9H13N. The fraction of sp³-hybridized carbons (Fsp3) is 0.333. The van der Waals surface area contributed by atoms with Crippen LogP contribution in [0.4, 0.5) is 0 Å². The summed E-state index contributed by atoms with van der Waals surface area (Å²) in [5.74, 6) is 0. The summed E-state index contributed by atoms with van der Waals surface area (Å²) in [6.07, 6.45) is 8.44. The van der Waals surface area contributed by atoms with Crippen molar-refractivity contribution in [2.24, 2.45) is 0 Å². The second-order valence-corrected chi connectivity index (χ2v) is 2.68. The van der Waals surface area contributed by atoms with Gasteiger partial charge in [0.1, 0.15) is 0 Å². The molecule has 0 unspecified atom stereocenters. The number of nitrogens with one attached hydrogen (secondary N) is 1. The van der Waals surface area contributed by atoms with Crippen LogP contribution in [0.15, 0.2) is 35.6 Å². The Morgan fingerprint density at radius 1 is 1.60 bits per heavy atom. The molecule has 0 amide bonds. The predicted octanol–water partition coefficient (Wildman–Crippen LogP) is 2.00. The fourth-order valence-corrected chi connectivity index (χ4v) is 0.911. The summed E-state index contributed by atoms with van der Waals surface area (Å²) in [5.41, 5.74) is 2.59. The van der Waals surface area contributed by atoms with Gasteiger partial charge in [0.05, 0.1) is 0 Å². The van der Waals surface area contributed by atoms with Crippen molar-refractivity contribution in [3.8, 4) is 0 Å². The molecule has 0 aromatic rings. The van der Waals surface area contributed by atoms with Crippen LogP contribution < -0.4 is 5.32 Å². The van der Waals surface area contributed by atoms with Crippen LogP contribution in [-0.2, 0) is 0 Å². The van der Waals surface area contributed by atoms with E-state index in [-0.39, 0.29) is 0 Å². The Morgan fingerprint density at radius 2 is 2.40 bits per heavy atom. The van der Waals surface area contributed by atoms with Crippen molar-refractivity contribution in [1.82, 2.24) is 5.32 Å². The van der Waals surface area contributed by atoms with Gasteiger partial charge >= 0.3 is 0 Å². The molecule has 0 aromatic carbocycles. The van der Waals surface area contributed by atoms with Crippen LogP contribution in [0.3, 0.4) is 0 Å². The Kier molecular flexibility index (Phi) is 2.32. The molecule has 1 aliphatic rings. The van der Waals surface area contributed by atoms with Crippen molar-refractivity contribution in [2.45, 2.75) is 13.8 Å². The van der Waals surface area contributed by atoms with Crippen LogP contribution >= 0.6 is 0 Å². The Hall–Kier alpha value is -0.980. The lowest BCUT2D eigenvalue weighted by molar-refractivity contribution is 0.961. The van der Waals surface area contributed by atoms with E-state index in [2.05, 4.69) is 37.4 Å². The van der Waals surface area contributed by atoms with Crippen molar-refractivity contribution in [1.29, 1.82) is 0 Å². The average molecular weight is 135 g/mol. The maximum Gasteiger partial charge on any atom is 0.0328 e. The van der Waals surface area contributed by atoms with Crippen LogP contribution in [-0.4, -0.2) is 6.54 Å². The van der Waals surface area contributed by atoms with Gasteiger partial charge in [0.2, 0.25) is 0 Å². The van der Waals surface area contributed by atoms with Crippen LogP contribution in [0.2, 0.25) is 0 Å². The quantitative estimate of drug-likeness (QED) is 0.580. The summed E-state index contributed by atoms with van der Waals surface area (Å²) in [4.78, 5) is 0. The molecular weight excluding hydrogens is 122 g/mol. The molecule has 0 fully saturated rings. The summed E-state index contributed by atoms with van der Waals surface area (Å²) >= 11 is 0. The maximum atomic E-state index is 3.15. The molecule has 0 saturated carbocycles. The molecule has 1 nitrogen and oxygen atoms in total. The molecule has 1 heteroatoms. The highest BCUT2D eigenvalue weighted by molar-refractivity contribution is 5.33. The molecule has 0 bridgehead atoms. The van der Waals surface area contributed by atoms with Crippen LogP contribution in [0.1, 0.15) is 13.8 Å². The number of allylic oxidation sites excluding steroid dienone is 4. The molecule has 0 radical (unpaired) electrons. The van der Waals surface area contributed by atoms with Gasteiger partial charge in [-0.25, -0.2) is 0 Å². The van der Waals surface area contributed by atoms with Crippen molar-refractivity contribution in [3.05, 3.63) is 35.6 Å². The largest absolute Gasteiger partial charge is 0.387 e. The lowest BCUT2D eigenvalue weighted by Gasteiger charge is -2.03. The Bertz CT molecular complexity index is 193. The third kappa shape index (κ3) is 2.09. The molecule has 0 saturated heterocycles. The molecule has 1 N–H and O–H groups in total. The summed E-state index contributed by atoms with van der Waals surface area (Å²) < 4.78 is 0. The van der Waals surface area contributed by atoms with E-state index >= 15 is 0 Å². The average Bonchev–Trinajstić information content (AvgIpc) is 1.88. The standard InChI is InChI=1S/C9H13N/c1-8(2)6-9-4-3-5-10-7-9/h3-4,6-7,10H,5H2,1-2H3. The molecule has 54 valence electrons. The Labute approximate surface area is 62.1 Å². The Balaban J connectivity index is 2.64. The SMILES string of the molecule is CC(C)=CC1=CNCC=C1. The lowest BCUT2D eigenvalue weighted by Crippen LogP contribution is -2.08. The summed E-state index contributed by atoms with van der Waals surface area (Å²) in [7, 11) is 0. The third-order valence-electron chi connectivity index (χ3n) is 1.27. The summed E-state index contributed by atoms with van der Waals surface area (Å²) in [6.45, 7) is 5.16. The number of hydrogen-bond donors (Lipinski definition) is 1. The molecule has 0 spiro atoms. The second kappa shape index (κ2) is 3.25. The maximum absolute atomic E-state index is 3.15. The van der Waals surface area contributed by atoms with E-state index in [1.54, 1.807) is 0 Å². The predicted molar refractivity (Wildman–Crippen MR) is 44.7 cm³/mol. The van der Waals surface area contributed by atoms with Crippen molar-refractivity contribution in [3.63, 3.8) is 0 Å². The fourth-order valence-electron chi connectivity index (χ4n) is 0.911. The van der Waals surface area contributed by atoms with Gasteiger partial charge < -0.3 is 5.32 Å². The minimum atomic E-state index is 0.958. The highest BCUT2D eigenvalue weighted by Gasteiger charge is 1.90. The highest BCUT2D eigenvalue weighted by atomic mass is 14.8. The number of rotatable bonds is 1. The van der Waals surface area contributed by atoms with Gasteiger partial charge in [-0.05, 0) is 19.4 Å². The zero-order valence-electron chi connectivity index (χ0n) is 6.52. The monoisotopic (exact) mass is 135 g/mol. The van der Waals surface area contributed by atoms with Gasteiger partial charge in [-0.2, -0.15) is 0 Å². The molecule has 0 aromatic heterocycles. The van der Waals surface area contributed by atoms with Crippen molar-refractivity contribution < 1.29 is 0 Å². The van der Waals surface area contributed by atoms with Gasteiger partial charge in [0.15, 0.2) is 0 Å². The van der Waals surface area contributed by atoms with Crippen molar-refractivity contribution >= 4 is 0 Å². The number of dihydropyridines is 1. The minimum Gasteiger partial charge on any atom is -0.387 e. The van der Waals surface area contributed by atoms with Gasteiger partial charge in [-0.3, -0.25) is 0 Å². The molecule has 0 atom stereocenters. The van der Waals surface area contributed by atoms with Gasteiger partial charge in [-0.15, -0.1) is 0 Å². The molecule has 1 heterocycles. The molecule has 1 aliphatic heterocycles. The van der Waals surface area contributed by atoms with E-state index in [9.17, 15) is 0 Å². The van der Waals surface area contributed by atoms with E-state index in [0.717, 1.165) is 6.54 Å². The van der Waals surface area contributed by atoms with E-state index in [0.29, 0.717) is 0 Å². The third-order valence-corrected chi connectivity index (χ3v) is 1.27. The topological polar surface area (TPSA) is 12.0 Å². The van der Waals surface area contributed by atoms with Gasteiger partial charge in [0.25, 0.3) is 0 Å². The molecule has 0 aliphatic carbocycles. The first-order valence-corrected chi connectivity index (χ1v) is 3.54. The van der Waals surface area contributed by atoms with E-state index < -0.39 is 0 Å². The summed E-state index contributed by atoms with van der Waals surface area (Å²) in [5, 5.41) is 3.15. The van der Waals surface area contributed by atoms with Gasteiger partial charge in [-0.1, -0.05) is 23.8 Å². The van der Waals surface area contributed by atoms with Crippen molar-refractivity contribution in [2.75, 3.05) is 6.54 Å². The second-order valence-electron chi connectivity index (χ2n) is 2.68. The van der Waals surface area contributed by atoms with Gasteiger partial charge in [0, 0.05) is 12.7 Å². The smallest absolute Gasteiger partial charge is 0.0328 e. The first-order chi connectivity index (χ1) is 4.79. The van der Waals surface area contributed by atoms with Crippen LogP contribution in [0.25, 0.3) is 0 Å². The first-order valence-electron chi connectivity index (χ1n) is 3.54. The Morgan fingerprint density at radius 3 is 2.90 bits per heavy atom. The van der Waals surface area contributed by atoms with Crippen LogP contribution in [0, 0.1) is 0 Å². The van der Waals surface area contributed by atoms with Crippen LogP contribution in [0.5, 0.6) is 0 Å². The molecule has 1 rings (SSSR count). The minimum absolute atomic E-state index is 0.958. The number of hydrogen-bond acceptors (Lipinski definition) is 1. The van der Waals surface area contributed by atoms with E-state index in [4.69, 9.17) is 0 Å². The zero-order valence-corrected chi connectivity index (χ0v) is 6.52.